The van der Waals surface area contributed by atoms with Gasteiger partial charge >= 0.3 is 6.36 Å². The van der Waals surface area contributed by atoms with E-state index < -0.39 is 23.7 Å². The number of hydrogen-bond acceptors (Lipinski definition) is 1. The molecule has 0 aromatic heterocycles. The average Bonchev–Trinajstić information content (AvgIpc) is 2.75. The lowest BCUT2D eigenvalue weighted by atomic mass is 9.96. The molecule has 1 nitrogen and oxygen atoms in total. The fraction of sp³-hybridized carbons (Fsp3) is 0.154. The zero-order valence-electron chi connectivity index (χ0n) is 17.1. The van der Waals surface area contributed by atoms with E-state index in [1.165, 1.54) is 17.7 Å². The van der Waals surface area contributed by atoms with E-state index in [0.717, 1.165) is 36.1 Å². The molecular weight excluding hydrogens is 423 g/mol. The van der Waals surface area contributed by atoms with Crippen molar-refractivity contribution in [2.24, 2.45) is 0 Å². The van der Waals surface area contributed by atoms with Gasteiger partial charge in [-0.15, -0.1) is 13.2 Å². The summed E-state index contributed by atoms with van der Waals surface area (Å²) in [7, 11) is 0. The van der Waals surface area contributed by atoms with Gasteiger partial charge in [0.25, 0.3) is 0 Å². The quantitative estimate of drug-likeness (QED) is 0.283. The topological polar surface area (TPSA) is 9.23 Å². The molecular formula is C26H19F5O. The summed E-state index contributed by atoms with van der Waals surface area (Å²) < 4.78 is 69.9. The Balaban J connectivity index is 1.67. The van der Waals surface area contributed by atoms with Crippen molar-refractivity contribution in [1.29, 1.82) is 0 Å². The molecule has 6 heteroatoms. The van der Waals surface area contributed by atoms with Gasteiger partial charge in [0.1, 0.15) is 5.82 Å². The molecule has 0 bridgehead atoms. The van der Waals surface area contributed by atoms with Crippen molar-refractivity contribution >= 4 is 10.8 Å². The van der Waals surface area contributed by atoms with Crippen LogP contribution in [0.1, 0.15) is 18.9 Å². The maximum Gasteiger partial charge on any atom is 0.573 e. The summed E-state index contributed by atoms with van der Waals surface area (Å²) in [5.41, 5.74) is 3.41. The number of rotatable bonds is 5. The highest BCUT2D eigenvalue weighted by Gasteiger charge is 2.32. The molecule has 4 rings (SSSR count). The minimum absolute atomic E-state index is 0.0895. The minimum atomic E-state index is -5.01. The Kier molecular flexibility index (Phi) is 5.87. The predicted molar refractivity (Wildman–Crippen MR) is 115 cm³/mol. The first-order chi connectivity index (χ1) is 15.2. The molecule has 32 heavy (non-hydrogen) atoms. The molecule has 0 unspecified atom stereocenters. The number of hydrogen-bond donors (Lipinski definition) is 0. The predicted octanol–water partition coefficient (Wildman–Crippen LogP) is 8.30. The normalized spacial score (nSPS) is 11.7. The fourth-order valence-electron chi connectivity index (χ4n) is 3.72. The lowest BCUT2D eigenvalue weighted by molar-refractivity contribution is -0.275. The molecule has 0 amide bonds. The molecule has 0 aliphatic carbocycles. The summed E-state index contributed by atoms with van der Waals surface area (Å²) in [6.45, 7) is 2.12. The second-order valence-electron chi connectivity index (χ2n) is 7.50. The molecule has 0 spiro atoms. The van der Waals surface area contributed by atoms with Crippen LogP contribution in [0.15, 0.2) is 72.8 Å². The maximum absolute atomic E-state index is 15.2. The molecule has 0 saturated carbocycles. The first kappa shape index (κ1) is 21.8. The van der Waals surface area contributed by atoms with Gasteiger partial charge < -0.3 is 4.74 Å². The van der Waals surface area contributed by atoms with Gasteiger partial charge in [0.2, 0.25) is 0 Å². The molecule has 0 aliphatic rings. The Bertz CT molecular complexity index is 1260. The largest absolute Gasteiger partial charge is 0.573 e. The highest BCUT2D eigenvalue weighted by Crippen LogP contribution is 2.34. The van der Waals surface area contributed by atoms with Crippen molar-refractivity contribution in [3.8, 4) is 28.0 Å². The van der Waals surface area contributed by atoms with Gasteiger partial charge in [0.15, 0.2) is 11.6 Å². The maximum atomic E-state index is 15.2. The van der Waals surface area contributed by atoms with Crippen LogP contribution in [0.5, 0.6) is 5.75 Å². The Morgan fingerprint density at radius 2 is 1.44 bits per heavy atom. The molecule has 0 radical (unpaired) electrons. The van der Waals surface area contributed by atoms with Gasteiger partial charge in [-0.25, -0.2) is 8.78 Å². The van der Waals surface area contributed by atoms with Crippen LogP contribution in [0, 0.1) is 11.6 Å². The zero-order valence-corrected chi connectivity index (χ0v) is 17.1. The van der Waals surface area contributed by atoms with Gasteiger partial charge in [0, 0.05) is 10.9 Å². The smallest absolute Gasteiger partial charge is 0.403 e. The molecule has 0 N–H and O–H groups in total. The van der Waals surface area contributed by atoms with Crippen LogP contribution in [0.25, 0.3) is 33.0 Å². The third kappa shape index (κ3) is 4.59. The monoisotopic (exact) mass is 442 g/mol. The summed E-state index contributed by atoms with van der Waals surface area (Å²) in [5, 5.41) is 1.00. The van der Waals surface area contributed by atoms with Crippen LogP contribution in [0.4, 0.5) is 22.0 Å². The number of alkyl halides is 3. The van der Waals surface area contributed by atoms with Crippen LogP contribution in [-0.2, 0) is 6.42 Å². The molecule has 0 fully saturated rings. The highest BCUT2D eigenvalue weighted by atomic mass is 19.4. The standard InChI is InChI=1S/C26H19F5O/c1-2-3-16-4-6-17(7-5-16)18-8-11-21-19(14-18)9-12-22(25(21)28)20-10-13-24(23(27)15-20)32-26(29,30)31/h4-15H,2-3H2,1H3. The summed E-state index contributed by atoms with van der Waals surface area (Å²) in [6, 6.07) is 19.6. The molecule has 4 aromatic rings. The highest BCUT2D eigenvalue weighted by molar-refractivity contribution is 5.91. The van der Waals surface area contributed by atoms with Crippen molar-refractivity contribution in [3.63, 3.8) is 0 Å². The van der Waals surface area contributed by atoms with Gasteiger partial charge in [0.05, 0.1) is 0 Å². The van der Waals surface area contributed by atoms with Crippen LogP contribution in [0.3, 0.4) is 0 Å². The second kappa shape index (κ2) is 8.61. The first-order valence-electron chi connectivity index (χ1n) is 10.1. The summed E-state index contributed by atoms with van der Waals surface area (Å²) in [5.74, 6) is -2.76. The number of ether oxygens (including phenoxy) is 1. The molecule has 0 atom stereocenters. The van der Waals surface area contributed by atoms with Gasteiger partial charge in [-0.3, -0.25) is 0 Å². The van der Waals surface area contributed by atoms with E-state index in [1.54, 1.807) is 12.1 Å². The van der Waals surface area contributed by atoms with Gasteiger partial charge in [-0.05, 0) is 52.3 Å². The average molecular weight is 442 g/mol. The first-order valence-corrected chi connectivity index (χ1v) is 10.1. The summed E-state index contributed by atoms with van der Waals surface area (Å²) in [4.78, 5) is 0. The van der Waals surface area contributed by atoms with Gasteiger partial charge in [-0.1, -0.05) is 67.9 Å². The number of benzene rings is 4. The minimum Gasteiger partial charge on any atom is -0.403 e. The van der Waals surface area contributed by atoms with E-state index in [9.17, 15) is 17.6 Å². The van der Waals surface area contributed by atoms with Crippen molar-refractivity contribution in [1.82, 2.24) is 0 Å². The molecule has 0 heterocycles. The summed E-state index contributed by atoms with van der Waals surface area (Å²) >= 11 is 0. The zero-order chi connectivity index (χ0) is 22.9. The lowest BCUT2D eigenvalue weighted by Crippen LogP contribution is -2.17. The third-order valence-corrected chi connectivity index (χ3v) is 5.25. The SMILES string of the molecule is CCCc1ccc(-c2ccc3c(F)c(-c4ccc(OC(F)(F)F)c(F)c4)ccc3c2)cc1. The van der Waals surface area contributed by atoms with Crippen molar-refractivity contribution in [3.05, 3.63) is 90.0 Å². The van der Waals surface area contributed by atoms with Crippen LogP contribution >= 0.6 is 0 Å². The van der Waals surface area contributed by atoms with E-state index in [0.29, 0.717) is 10.8 Å². The van der Waals surface area contributed by atoms with Gasteiger partial charge in [-0.2, -0.15) is 0 Å². The fourth-order valence-corrected chi connectivity index (χ4v) is 3.72. The Morgan fingerprint density at radius 3 is 2.09 bits per heavy atom. The molecule has 0 saturated heterocycles. The molecule has 164 valence electrons. The van der Waals surface area contributed by atoms with Crippen LogP contribution < -0.4 is 4.74 Å². The molecule has 4 aromatic carbocycles. The third-order valence-electron chi connectivity index (χ3n) is 5.25. The van der Waals surface area contributed by atoms with E-state index in [2.05, 4.69) is 23.8 Å². The van der Waals surface area contributed by atoms with E-state index in [4.69, 9.17) is 0 Å². The van der Waals surface area contributed by atoms with E-state index >= 15 is 4.39 Å². The lowest BCUT2D eigenvalue weighted by Gasteiger charge is -2.12. The molecule has 0 aliphatic heterocycles. The van der Waals surface area contributed by atoms with Crippen molar-refractivity contribution in [2.75, 3.05) is 0 Å². The second-order valence-corrected chi connectivity index (χ2v) is 7.50. The summed E-state index contributed by atoms with van der Waals surface area (Å²) in [6.07, 6.45) is -2.93. The number of aryl methyl sites for hydroxylation is 1. The number of halogens is 5. The Hall–Kier alpha value is -3.41. The van der Waals surface area contributed by atoms with Crippen molar-refractivity contribution < 1.29 is 26.7 Å². The van der Waals surface area contributed by atoms with E-state index in [-0.39, 0.29) is 11.1 Å². The Labute approximate surface area is 182 Å². The van der Waals surface area contributed by atoms with E-state index in [1.807, 2.05) is 24.3 Å². The van der Waals surface area contributed by atoms with Crippen LogP contribution in [0.2, 0.25) is 0 Å². The Morgan fingerprint density at radius 1 is 0.750 bits per heavy atom. The van der Waals surface area contributed by atoms with Crippen LogP contribution in [-0.4, -0.2) is 6.36 Å². The number of fused-ring (bicyclic) bond motifs is 1. The van der Waals surface area contributed by atoms with Crippen molar-refractivity contribution in [2.45, 2.75) is 26.1 Å².